The van der Waals surface area contributed by atoms with Crippen molar-refractivity contribution in [2.45, 2.75) is 0 Å². The highest BCUT2D eigenvalue weighted by atomic mass is 35.5. The molecule has 0 saturated carbocycles. The predicted octanol–water partition coefficient (Wildman–Crippen LogP) is 13.7. The van der Waals surface area contributed by atoms with Gasteiger partial charge in [0.1, 0.15) is 23.3 Å². The summed E-state index contributed by atoms with van der Waals surface area (Å²) in [6.45, 7) is 0. The minimum Gasteiger partial charge on any atom is -0.755 e. The summed E-state index contributed by atoms with van der Waals surface area (Å²) in [6.07, 6.45) is 4.77. The van der Waals surface area contributed by atoms with E-state index in [1.165, 1.54) is 48.5 Å². The van der Waals surface area contributed by atoms with Crippen molar-refractivity contribution in [2.24, 2.45) is 0 Å². The zero-order valence-corrected chi connectivity index (χ0v) is 57.5. The third-order valence-corrected chi connectivity index (χ3v) is 14.5. The number of non-ortho nitro benzene ring substituents is 5. The fourth-order valence-electron chi connectivity index (χ4n) is 8.23. The normalized spacial score (nSPS) is 10.6. The molecular formula is C65H61ClFN21O14S2-2. The van der Waals surface area contributed by atoms with Crippen molar-refractivity contribution >= 4 is 149 Å². The molecule has 11 aromatic rings. The zero-order chi connectivity index (χ0) is 75.8. The molecule has 104 heavy (non-hydrogen) atoms. The second kappa shape index (κ2) is 39.9. The Bertz CT molecular complexity index is 4660. The van der Waals surface area contributed by atoms with Crippen molar-refractivity contribution in [3.05, 3.63) is 293 Å². The van der Waals surface area contributed by atoms with E-state index in [9.17, 15) is 72.5 Å². The highest BCUT2D eigenvalue weighted by Crippen LogP contribution is 2.29. The first kappa shape index (κ1) is 79.4. The van der Waals surface area contributed by atoms with Crippen molar-refractivity contribution in [3.63, 3.8) is 0 Å². The molecule has 3 heterocycles. The van der Waals surface area contributed by atoms with E-state index >= 15 is 0 Å². The minimum absolute atomic E-state index is 0.00898. The van der Waals surface area contributed by atoms with E-state index in [0.717, 1.165) is 52.7 Å². The molecule has 0 aliphatic carbocycles. The Morgan fingerprint density at radius 3 is 1.00 bits per heavy atom. The van der Waals surface area contributed by atoms with E-state index in [1.54, 1.807) is 172 Å². The number of aromatic nitrogens is 6. The second-order valence-electron chi connectivity index (χ2n) is 20.4. The number of rotatable bonds is 21. The van der Waals surface area contributed by atoms with Gasteiger partial charge in [0.2, 0.25) is 17.2 Å². The minimum atomic E-state index is -2.41. The maximum absolute atomic E-state index is 12.1. The molecule has 0 fully saturated rings. The Kier molecular flexibility index (Phi) is 30.5. The molecule has 0 saturated heterocycles. The lowest BCUT2D eigenvalue weighted by Gasteiger charge is -2.19. The van der Waals surface area contributed by atoms with Gasteiger partial charge in [-0.05, 0) is 151 Å². The van der Waals surface area contributed by atoms with Gasteiger partial charge in [0, 0.05) is 194 Å². The van der Waals surface area contributed by atoms with Gasteiger partial charge >= 0.3 is 0 Å². The lowest BCUT2D eigenvalue weighted by molar-refractivity contribution is -0.385. The van der Waals surface area contributed by atoms with Crippen molar-refractivity contribution < 1.29 is 46.5 Å². The summed E-state index contributed by atoms with van der Waals surface area (Å²) in [5, 5.41) is 63.7. The predicted molar refractivity (Wildman–Crippen MR) is 395 cm³/mol. The van der Waals surface area contributed by atoms with Crippen molar-refractivity contribution in [2.75, 3.05) is 86.4 Å². The first-order chi connectivity index (χ1) is 49.7. The molecule has 39 heteroatoms. The van der Waals surface area contributed by atoms with Crippen molar-refractivity contribution in [1.29, 1.82) is 0 Å². The molecular weight excluding hydrogens is 1420 g/mol. The average molecular weight is 1480 g/mol. The lowest BCUT2D eigenvalue weighted by atomic mass is 10.2. The number of nitrogens with zero attached hydrogens (tertiary/aromatic N) is 14. The van der Waals surface area contributed by atoms with Gasteiger partial charge in [-0.2, -0.15) is 9.97 Å². The van der Waals surface area contributed by atoms with Gasteiger partial charge in [-0.25, -0.2) is 24.3 Å². The largest absolute Gasteiger partial charge is 0.755 e. The highest BCUT2D eigenvalue weighted by molar-refractivity contribution is 7.80. The number of nitrogens with one attached hydrogen (secondary N) is 6. The molecule has 35 nitrogen and oxygen atoms in total. The van der Waals surface area contributed by atoms with Crippen LogP contribution >= 0.6 is 11.6 Å². The average Bonchev–Trinajstić information content (AvgIpc) is 0.845. The number of hydrogen-bond donors (Lipinski definition) is 7. The molecule has 8 aromatic carbocycles. The van der Waals surface area contributed by atoms with Crippen LogP contribution in [0.25, 0.3) is 0 Å². The number of halogens is 2. The van der Waals surface area contributed by atoms with Crippen LogP contribution in [-0.4, -0.2) is 107 Å². The number of nitrogens with two attached hydrogens (primary N) is 1. The number of benzene rings is 8. The zero-order valence-electron chi connectivity index (χ0n) is 55.1. The number of nitro benzene ring substituents is 5. The van der Waals surface area contributed by atoms with Crippen LogP contribution in [0.5, 0.6) is 0 Å². The molecule has 11 rings (SSSR count). The summed E-state index contributed by atoms with van der Waals surface area (Å²) in [6, 6.07) is 55.2. The lowest BCUT2D eigenvalue weighted by Crippen LogP contribution is -2.12. The van der Waals surface area contributed by atoms with Crippen LogP contribution in [0.4, 0.5) is 119 Å². The smallest absolute Gasteiger partial charge is 0.269 e. The van der Waals surface area contributed by atoms with E-state index in [2.05, 4.69) is 60.6 Å². The van der Waals surface area contributed by atoms with Crippen LogP contribution < -0.4 is 51.1 Å². The molecule has 538 valence electrons. The summed E-state index contributed by atoms with van der Waals surface area (Å²) >= 11 is 0.911. The van der Waals surface area contributed by atoms with Gasteiger partial charge in [0.05, 0.1) is 24.6 Å². The SMILES string of the molecule is CN(c1ccc(N)cc1)c1ccnc(Nc2cccc(NS(=O)[O-])c2)n1.CN(c1ccc([N+](=O)[O-])cc1)c1ccnc(Cl)n1.CN(c1ccc([N+](=O)[O-])cc1)c1ccnc(Nc2cccc(NS(=O)[O-])c2)n1.CNc1ccc([N+](=O)[O-])cc1.CNc1ccc([N+](=O)[O-])cc1.O=[N+]([O-])c1ccc(F)cc1. The summed E-state index contributed by atoms with van der Waals surface area (Å²) in [7, 11) is 9.00. The highest BCUT2D eigenvalue weighted by Gasteiger charge is 2.14. The maximum Gasteiger partial charge on any atom is 0.269 e. The third-order valence-electron chi connectivity index (χ3n) is 13.5. The molecule has 3 aromatic heterocycles. The quantitative estimate of drug-likeness (QED) is 0.0115. The van der Waals surface area contributed by atoms with E-state index in [-0.39, 0.29) is 33.7 Å². The number of hydrogen-bond acceptors (Lipinski definition) is 28. The van der Waals surface area contributed by atoms with Crippen LogP contribution in [0.2, 0.25) is 5.28 Å². The molecule has 0 aliphatic heterocycles. The number of anilines is 15. The van der Waals surface area contributed by atoms with Gasteiger partial charge in [-0.15, -0.1) is 0 Å². The Hall–Kier alpha value is -13.6. The van der Waals surface area contributed by atoms with Gasteiger partial charge < -0.3 is 60.3 Å². The third kappa shape index (κ3) is 26.3. The monoisotopic (exact) mass is 1480 g/mol. The summed E-state index contributed by atoms with van der Waals surface area (Å²) in [4.78, 5) is 79.9. The second-order valence-corrected chi connectivity index (χ2v) is 22.1. The van der Waals surface area contributed by atoms with Gasteiger partial charge in [-0.3, -0.25) is 59.0 Å². The van der Waals surface area contributed by atoms with Crippen LogP contribution in [0.15, 0.2) is 231 Å². The molecule has 2 unspecified atom stereocenters. The molecule has 0 amide bonds. The Morgan fingerprint density at radius 2 is 0.692 bits per heavy atom. The molecule has 0 aliphatic rings. The van der Waals surface area contributed by atoms with E-state index in [1.807, 2.05) is 36.2 Å². The molecule has 0 bridgehead atoms. The van der Waals surface area contributed by atoms with Crippen molar-refractivity contribution in [1.82, 2.24) is 29.9 Å². The Balaban J connectivity index is 0.000000205. The van der Waals surface area contributed by atoms with Crippen LogP contribution in [0.3, 0.4) is 0 Å². The molecule has 0 spiro atoms. The van der Waals surface area contributed by atoms with Gasteiger partial charge in [0.25, 0.3) is 28.4 Å². The Labute approximate surface area is 601 Å². The standard InChI is InChI=1S/C17H16N6O4S.C17H18N6O2S.C11H9ClN4O2.2C7H8N2O2.C6H4FNO2/c1-22(14-5-7-15(8-6-14)23(24)25)16-9-10-18-17(20-16)19-12-3-2-4-13(11-12)21-28(26)27;1-23(15-7-5-12(18)6-8-15)16-9-10-19-17(21-16)20-13-3-2-4-14(11-13)22-26(24)25;1-15(10-6-7-13-11(12)14-10)8-2-4-9(5-3-8)16(17)18;2*1-8-6-2-4-7(5-3-6)9(10)11;7-5-1-3-6(4-2-5)8(9)10/h2-11,21H,1H3,(H,26,27)(H,18,19,20);2-11,22H,18H2,1H3,(H,24,25)(H,19,20,21);2-7H,1H3;2*2-5,8H,1H3;1-4H/p-2. The fraction of sp³-hybridized carbons (Fsp3) is 0.0769. The van der Waals surface area contributed by atoms with E-state index in [4.69, 9.17) is 17.3 Å². The summed E-state index contributed by atoms with van der Waals surface area (Å²) in [5.74, 6) is 2.12. The van der Waals surface area contributed by atoms with Crippen molar-refractivity contribution in [3.8, 4) is 0 Å². The van der Waals surface area contributed by atoms with Gasteiger partial charge in [0.15, 0.2) is 0 Å². The first-order valence-corrected chi connectivity index (χ1v) is 32.1. The molecule has 0 radical (unpaired) electrons. The van der Waals surface area contributed by atoms with Crippen LogP contribution in [-0.2, 0) is 22.5 Å². The summed E-state index contributed by atoms with van der Waals surface area (Å²) in [5.41, 5.74) is 12.9. The van der Waals surface area contributed by atoms with Gasteiger partial charge in [-0.1, -0.05) is 12.1 Å². The molecule has 2 atom stereocenters. The topological polar surface area (TPSA) is 481 Å². The first-order valence-electron chi connectivity index (χ1n) is 29.6. The van der Waals surface area contributed by atoms with E-state index < -0.39 is 53.0 Å². The fourth-order valence-corrected chi connectivity index (χ4v) is 9.01. The summed E-state index contributed by atoms with van der Waals surface area (Å²) < 4.78 is 59.7. The maximum atomic E-state index is 12.1. The Morgan fingerprint density at radius 1 is 0.404 bits per heavy atom. The van der Waals surface area contributed by atoms with Crippen LogP contribution in [0.1, 0.15) is 0 Å². The molecule has 8 N–H and O–H groups in total. The van der Waals surface area contributed by atoms with Crippen LogP contribution in [0, 0.1) is 56.4 Å². The van der Waals surface area contributed by atoms with E-state index in [0.29, 0.717) is 57.8 Å². The number of nitro groups is 5. The number of nitrogen functional groups attached to an aromatic ring is 1.